The molecule has 4 atom stereocenters. The number of benzene rings is 1. The van der Waals surface area contributed by atoms with E-state index in [1.807, 2.05) is 11.8 Å². The van der Waals surface area contributed by atoms with Crippen molar-refractivity contribution >= 4 is 46.1 Å². The zero-order valence-corrected chi connectivity index (χ0v) is 20.5. The predicted molar refractivity (Wildman–Crippen MR) is 138 cm³/mol. The van der Waals surface area contributed by atoms with Crippen molar-refractivity contribution in [3.05, 3.63) is 30.6 Å². The molecule has 4 fully saturated rings. The molecule has 7 rings (SSSR count). The van der Waals surface area contributed by atoms with E-state index in [4.69, 9.17) is 4.98 Å². The Kier molecular flexibility index (Phi) is 5.16. The number of nitrogens with one attached hydrogen (secondary N) is 3. The van der Waals surface area contributed by atoms with Crippen LogP contribution in [0, 0.1) is 23.2 Å². The molecule has 8 heteroatoms. The lowest BCUT2D eigenvalue weighted by Gasteiger charge is -2.62. The van der Waals surface area contributed by atoms with Gasteiger partial charge in [0.25, 0.3) is 0 Å². The van der Waals surface area contributed by atoms with Crippen LogP contribution in [0.25, 0.3) is 11.2 Å². The predicted octanol–water partition coefficient (Wildman–Crippen LogP) is 5.13. The molecule has 174 valence electrons. The number of aromatic nitrogens is 4. The molecule has 0 unspecified atom stereocenters. The second-order valence-electron chi connectivity index (χ2n) is 10.5. The van der Waals surface area contributed by atoms with Crippen molar-refractivity contribution < 1.29 is 0 Å². The van der Waals surface area contributed by atoms with Gasteiger partial charge in [-0.1, -0.05) is 20.8 Å². The van der Waals surface area contributed by atoms with Crippen LogP contribution in [0.3, 0.4) is 0 Å². The molecule has 2 aromatic heterocycles. The van der Waals surface area contributed by atoms with E-state index < -0.39 is 0 Å². The van der Waals surface area contributed by atoms with Gasteiger partial charge in [-0.2, -0.15) is 21.7 Å². The summed E-state index contributed by atoms with van der Waals surface area (Å²) in [4.78, 5) is 19.6. The summed E-state index contributed by atoms with van der Waals surface area (Å²) in [6.07, 6.45) is 4.26. The first-order valence-electron chi connectivity index (χ1n) is 12.2. The Morgan fingerprint density at radius 1 is 1.09 bits per heavy atom. The Labute approximate surface area is 199 Å². The first-order chi connectivity index (χ1) is 16.0. The molecule has 3 N–H and O–H groups in total. The van der Waals surface area contributed by atoms with Gasteiger partial charge in [0, 0.05) is 42.0 Å². The average molecular weight is 464 g/mol. The molecule has 1 aliphatic heterocycles. The monoisotopic (exact) mass is 463 g/mol. The third-order valence-electron chi connectivity index (χ3n) is 8.45. The lowest BCUT2D eigenvalue weighted by Crippen LogP contribution is -2.58. The summed E-state index contributed by atoms with van der Waals surface area (Å²) < 4.78 is 0. The van der Waals surface area contributed by atoms with Crippen LogP contribution in [0.5, 0.6) is 0 Å². The standard InChI is InChI=1S/C25H33N7S/c1-15-19-12-16(25(19,2)3)13-20(15)29-23-21-22(27-14-26-21)30-24(31-23)28-17-4-6-18(7-5-17)32-8-10-33-11-9-32/h4-7,14-16,19-20H,8-13H2,1-3H3,(H3,26,27,28,29,30,31)/t15-,16+,19-,20-/m1/s1. The molecule has 4 aliphatic rings. The summed E-state index contributed by atoms with van der Waals surface area (Å²) in [6.45, 7) is 9.50. The Morgan fingerprint density at radius 2 is 1.88 bits per heavy atom. The average Bonchev–Trinajstić information content (AvgIpc) is 3.30. The number of nitrogens with zero attached hydrogens (tertiary/aromatic N) is 4. The number of rotatable bonds is 5. The summed E-state index contributed by atoms with van der Waals surface area (Å²) in [5.74, 6) is 6.00. The van der Waals surface area contributed by atoms with Crippen LogP contribution in [0.1, 0.15) is 33.6 Å². The summed E-state index contributed by atoms with van der Waals surface area (Å²) in [6, 6.07) is 9.02. The molecular formula is C25H33N7S. The third-order valence-corrected chi connectivity index (χ3v) is 9.40. The summed E-state index contributed by atoms with van der Waals surface area (Å²) in [7, 11) is 0. The van der Waals surface area contributed by atoms with Gasteiger partial charge in [-0.05, 0) is 60.3 Å². The van der Waals surface area contributed by atoms with Crippen LogP contribution in [-0.4, -0.2) is 50.6 Å². The van der Waals surface area contributed by atoms with Gasteiger partial charge in [-0.15, -0.1) is 0 Å². The van der Waals surface area contributed by atoms with E-state index in [1.54, 1.807) is 6.33 Å². The number of anilines is 4. The molecule has 0 radical (unpaired) electrons. The van der Waals surface area contributed by atoms with Gasteiger partial charge in [0.1, 0.15) is 5.52 Å². The highest BCUT2D eigenvalue weighted by Crippen LogP contribution is 2.61. The minimum absolute atomic E-state index is 0.423. The van der Waals surface area contributed by atoms with Crippen molar-refractivity contribution in [2.45, 2.75) is 39.7 Å². The van der Waals surface area contributed by atoms with Crippen molar-refractivity contribution in [2.75, 3.05) is 40.1 Å². The fourth-order valence-corrected chi connectivity index (χ4v) is 7.12. The lowest BCUT2D eigenvalue weighted by molar-refractivity contribution is -0.105. The van der Waals surface area contributed by atoms with E-state index >= 15 is 0 Å². The second kappa shape index (κ2) is 8.08. The zero-order chi connectivity index (χ0) is 22.6. The molecule has 33 heavy (non-hydrogen) atoms. The molecule has 3 saturated carbocycles. The van der Waals surface area contributed by atoms with Gasteiger partial charge in [0.05, 0.1) is 6.33 Å². The molecule has 2 bridgehead atoms. The van der Waals surface area contributed by atoms with Gasteiger partial charge >= 0.3 is 0 Å². The Hall–Kier alpha value is -2.48. The Bertz CT molecular complexity index is 1140. The molecule has 1 saturated heterocycles. The molecule has 7 nitrogen and oxygen atoms in total. The largest absolute Gasteiger partial charge is 0.370 e. The van der Waals surface area contributed by atoms with Crippen LogP contribution in [-0.2, 0) is 0 Å². The molecule has 3 aliphatic carbocycles. The first-order valence-corrected chi connectivity index (χ1v) is 13.3. The number of hydrogen-bond acceptors (Lipinski definition) is 7. The highest BCUT2D eigenvalue weighted by molar-refractivity contribution is 7.99. The van der Waals surface area contributed by atoms with Crippen molar-refractivity contribution in [1.82, 2.24) is 19.9 Å². The highest BCUT2D eigenvalue weighted by Gasteiger charge is 2.56. The molecule has 0 spiro atoms. The van der Waals surface area contributed by atoms with Gasteiger partial charge in [0.2, 0.25) is 5.95 Å². The van der Waals surface area contributed by atoms with E-state index in [0.717, 1.165) is 47.6 Å². The van der Waals surface area contributed by atoms with Gasteiger partial charge in [0.15, 0.2) is 11.5 Å². The van der Waals surface area contributed by atoms with Gasteiger partial charge in [-0.3, -0.25) is 0 Å². The maximum Gasteiger partial charge on any atom is 0.231 e. The number of thioether (sulfide) groups is 1. The topological polar surface area (TPSA) is 81.8 Å². The molecule has 0 amide bonds. The number of imidazole rings is 1. The quantitative estimate of drug-likeness (QED) is 0.484. The summed E-state index contributed by atoms with van der Waals surface area (Å²) >= 11 is 2.03. The number of aromatic amines is 1. The SMILES string of the molecule is C[C@@H]1[C@H]2C[C@@H](C[C@H]1Nc1nc(Nc3ccc(N4CCSCC4)cc3)nc3[nH]cnc13)C2(C)C. The van der Waals surface area contributed by atoms with Crippen LogP contribution in [0.15, 0.2) is 30.6 Å². The second-order valence-corrected chi connectivity index (χ2v) is 11.7. The van der Waals surface area contributed by atoms with E-state index in [-0.39, 0.29) is 0 Å². The lowest BCUT2D eigenvalue weighted by atomic mass is 9.45. The van der Waals surface area contributed by atoms with Crippen LogP contribution in [0.4, 0.5) is 23.1 Å². The minimum atomic E-state index is 0.423. The van der Waals surface area contributed by atoms with Crippen molar-refractivity contribution in [3.8, 4) is 0 Å². The smallest absolute Gasteiger partial charge is 0.231 e. The molecule has 3 aromatic rings. The van der Waals surface area contributed by atoms with E-state index in [9.17, 15) is 0 Å². The minimum Gasteiger partial charge on any atom is -0.370 e. The maximum absolute atomic E-state index is 4.86. The molecule has 3 heterocycles. The van der Waals surface area contributed by atoms with Gasteiger partial charge < -0.3 is 20.5 Å². The summed E-state index contributed by atoms with van der Waals surface area (Å²) in [5, 5.41) is 7.16. The zero-order valence-electron chi connectivity index (χ0n) is 19.6. The maximum atomic E-state index is 4.86. The van der Waals surface area contributed by atoms with Crippen molar-refractivity contribution in [3.63, 3.8) is 0 Å². The number of fused-ring (bicyclic) bond motifs is 3. The normalized spacial score (nSPS) is 28.4. The molecule has 1 aromatic carbocycles. The number of hydrogen-bond donors (Lipinski definition) is 3. The first kappa shape index (κ1) is 21.1. The fourth-order valence-electron chi connectivity index (χ4n) is 6.21. The fraction of sp³-hybridized carbons (Fsp3) is 0.560. The number of H-pyrrole nitrogens is 1. The van der Waals surface area contributed by atoms with Crippen molar-refractivity contribution in [2.24, 2.45) is 23.2 Å². The van der Waals surface area contributed by atoms with Gasteiger partial charge in [-0.25, -0.2) is 4.98 Å². The van der Waals surface area contributed by atoms with Crippen LogP contribution in [0.2, 0.25) is 0 Å². The van der Waals surface area contributed by atoms with E-state index in [0.29, 0.717) is 23.3 Å². The van der Waals surface area contributed by atoms with E-state index in [2.05, 4.69) is 75.5 Å². The van der Waals surface area contributed by atoms with Crippen LogP contribution >= 0.6 is 11.8 Å². The van der Waals surface area contributed by atoms with Crippen molar-refractivity contribution in [1.29, 1.82) is 0 Å². The Morgan fingerprint density at radius 3 is 2.61 bits per heavy atom. The Balaban J connectivity index is 1.21. The third kappa shape index (κ3) is 3.72. The summed E-state index contributed by atoms with van der Waals surface area (Å²) in [5.41, 5.74) is 4.30. The molecular weight excluding hydrogens is 430 g/mol. The van der Waals surface area contributed by atoms with E-state index in [1.165, 1.54) is 30.0 Å². The van der Waals surface area contributed by atoms with Crippen LogP contribution < -0.4 is 15.5 Å². The highest BCUT2D eigenvalue weighted by atomic mass is 32.2.